The Morgan fingerprint density at radius 3 is 2.32 bits per heavy atom. The van der Waals surface area contributed by atoms with E-state index in [4.69, 9.17) is 4.74 Å². The van der Waals surface area contributed by atoms with E-state index in [1.54, 1.807) is 23.5 Å². The van der Waals surface area contributed by atoms with Crippen LogP contribution in [0.25, 0.3) is 0 Å². The van der Waals surface area contributed by atoms with Crippen molar-refractivity contribution in [2.75, 3.05) is 13.7 Å². The van der Waals surface area contributed by atoms with Gasteiger partial charge in [0, 0.05) is 18.7 Å². The monoisotopic (exact) mass is 399 g/mol. The molecule has 4 nitrogen and oxygen atoms in total. The summed E-state index contributed by atoms with van der Waals surface area (Å²) in [5.74, 6) is 0.805. The molecule has 28 heavy (non-hydrogen) atoms. The Labute approximate surface area is 168 Å². The molecule has 0 amide bonds. The van der Waals surface area contributed by atoms with Crippen molar-refractivity contribution in [2.45, 2.75) is 50.8 Å². The first-order valence-electron chi connectivity index (χ1n) is 9.89. The molecular formula is C23H29NO3S. The highest BCUT2D eigenvalue weighted by molar-refractivity contribution is 7.89. The molecule has 2 aromatic rings. The molecule has 3 rings (SSSR count). The van der Waals surface area contributed by atoms with Gasteiger partial charge in [-0.3, -0.25) is 4.31 Å². The van der Waals surface area contributed by atoms with Gasteiger partial charge in [-0.2, -0.15) is 0 Å². The van der Waals surface area contributed by atoms with E-state index in [2.05, 4.69) is 6.92 Å². The summed E-state index contributed by atoms with van der Waals surface area (Å²) in [7, 11) is -1.90. The maximum atomic E-state index is 13.3. The third-order valence-corrected chi connectivity index (χ3v) is 7.15. The summed E-state index contributed by atoms with van der Waals surface area (Å²) in [4.78, 5) is 0.363. The Kier molecular flexibility index (Phi) is 6.45. The van der Waals surface area contributed by atoms with E-state index >= 15 is 0 Å². The van der Waals surface area contributed by atoms with Crippen molar-refractivity contribution in [1.29, 1.82) is 0 Å². The molecule has 0 spiro atoms. The highest BCUT2D eigenvalue weighted by Crippen LogP contribution is 2.34. The van der Waals surface area contributed by atoms with Crippen LogP contribution in [0.15, 0.2) is 64.7 Å². The standard InChI is InChI=1S/C23H29NO3S/c1-4-5-6-20-15-16-24(28(25,26)22-13-7-18(2)8-14-22)23(20)17-19-9-11-21(27-3)12-10-19/h7-14H,4-6,15-17H2,1-3H3. The van der Waals surface area contributed by atoms with E-state index in [-0.39, 0.29) is 0 Å². The number of sulfonamides is 1. The molecule has 1 aliphatic heterocycles. The molecule has 0 aromatic heterocycles. The molecule has 5 heteroatoms. The van der Waals surface area contributed by atoms with Crippen LogP contribution in [0.1, 0.15) is 43.7 Å². The first kappa shape index (κ1) is 20.5. The first-order chi connectivity index (χ1) is 13.5. The number of ether oxygens (including phenoxy) is 1. The van der Waals surface area contributed by atoms with Crippen LogP contribution in [0.3, 0.4) is 0 Å². The second-order valence-corrected chi connectivity index (χ2v) is 9.18. The molecule has 0 fully saturated rings. The number of methoxy groups -OCH3 is 1. The number of rotatable bonds is 8. The van der Waals surface area contributed by atoms with Gasteiger partial charge in [0.15, 0.2) is 0 Å². The number of nitrogens with zero attached hydrogens (tertiary/aromatic N) is 1. The molecule has 1 heterocycles. The Hall–Kier alpha value is -2.27. The van der Waals surface area contributed by atoms with Gasteiger partial charge < -0.3 is 4.74 Å². The van der Waals surface area contributed by atoms with E-state index in [1.807, 2.05) is 43.3 Å². The summed E-state index contributed by atoms with van der Waals surface area (Å²) >= 11 is 0. The largest absolute Gasteiger partial charge is 0.497 e. The van der Waals surface area contributed by atoms with E-state index in [1.165, 1.54) is 5.57 Å². The molecule has 0 N–H and O–H groups in total. The summed E-state index contributed by atoms with van der Waals surface area (Å²) in [6.07, 6.45) is 4.58. The Bertz CT molecular complexity index is 929. The fourth-order valence-corrected chi connectivity index (χ4v) is 5.15. The van der Waals surface area contributed by atoms with Gasteiger partial charge in [0.05, 0.1) is 12.0 Å². The van der Waals surface area contributed by atoms with Gasteiger partial charge in [0.1, 0.15) is 5.75 Å². The maximum absolute atomic E-state index is 13.3. The lowest BCUT2D eigenvalue weighted by atomic mass is 10.0. The van der Waals surface area contributed by atoms with Gasteiger partial charge in [0.2, 0.25) is 0 Å². The number of unbranched alkanes of at least 4 members (excludes halogenated alkanes) is 1. The average Bonchev–Trinajstić information content (AvgIpc) is 3.10. The minimum Gasteiger partial charge on any atom is -0.497 e. The zero-order chi connectivity index (χ0) is 20.1. The summed E-state index contributed by atoms with van der Waals surface area (Å²) in [5.41, 5.74) is 4.36. The molecule has 0 unspecified atom stereocenters. The molecule has 0 radical (unpaired) electrons. The summed E-state index contributed by atoms with van der Waals surface area (Å²) in [6, 6.07) is 15.0. The molecule has 0 aliphatic carbocycles. The highest BCUT2D eigenvalue weighted by atomic mass is 32.2. The van der Waals surface area contributed by atoms with Crippen LogP contribution >= 0.6 is 0 Å². The third kappa shape index (κ3) is 4.41. The Morgan fingerprint density at radius 1 is 1.04 bits per heavy atom. The lowest BCUT2D eigenvalue weighted by molar-refractivity contribution is 0.414. The van der Waals surface area contributed by atoms with Gasteiger partial charge in [-0.25, -0.2) is 8.42 Å². The summed E-state index contributed by atoms with van der Waals surface area (Å²) in [6.45, 7) is 4.66. The van der Waals surface area contributed by atoms with E-state index in [9.17, 15) is 8.42 Å². The van der Waals surface area contributed by atoms with Crippen molar-refractivity contribution in [3.8, 4) is 5.75 Å². The Balaban J connectivity index is 1.94. The minimum absolute atomic E-state index is 0.363. The minimum atomic E-state index is -3.54. The van der Waals surface area contributed by atoms with E-state index in [0.717, 1.165) is 48.3 Å². The molecule has 150 valence electrons. The van der Waals surface area contributed by atoms with Gasteiger partial charge in [-0.15, -0.1) is 0 Å². The molecule has 0 saturated carbocycles. The van der Waals surface area contributed by atoms with Gasteiger partial charge in [-0.05, 0) is 61.6 Å². The molecule has 0 saturated heterocycles. The van der Waals surface area contributed by atoms with Crippen molar-refractivity contribution >= 4 is 10.0 Å². The van der Waals surface area contributed by atoms with Crippen molar-refractivity contribution in [2.24, 2.45) is 0 Å². The number of benzene rings is 2. The zero-order valence-corrected chi connectivity index (χ0v) is 17.8. The average molecular weight is 400 g/mol. The summed E-state index contributed by atoms with van der Waals surface area (Å²) < 4.78 is 33.5. The topological polar surface area (TPSA) is 46.6 Å². The summed E-state index contributed by atoms with van der Waals surface area (Å²) in [5, 5.41) is 0. The molecule has 2 aromatic carbocycles. The van der Waals surface area contributed by atoms with E-state index in [0.29, 0.717) is 17.9 Å². The molecule has 0 bridgehead atoms. The third-order valence-electron chi connectivity index (χ3n) is 5.30. The van der Waals surface area contributed by atoms with Crippen LogP contribution < -0.4 is 4.74 Å². The van der Waals surface area contributed by atoms with Crippen LogP contribution in [-0.4, -0.2) is 26.4 Å². The predicted octanol–water partition coefficient (Wildman–Crippen LogP) is 5.09. The van der Waals surface area contributed by atoms with Crippen LogP contribution in [0.2, 0.25) is 0 Å². The van der Waals surface area contributed by atoms with Gasteiger partial charge in [0.25, 0.3) is 10.0 Å². The molecule has 1 aliphatic rings. The van der Waals surface area contributed by atoms with Gasteiger partial charge in [-0.1, -0.05) is 43.2 Å². The second-order valence-electron chi connectivity index (χ2n) is 7.32. The van der Waals surface area contributed by atoms with E-state index < -0.39 is 10.0 Å². The van der Waals surface area contributed by atoms with Crippen LogP contribution in [0.4, 0.5) is 0 Å². The number of allylic oxidation sites excluding steroid dienone is 1. The number of aryl methyl sites for hydroxylation is 1. The van der Waals surface area contributed by atoms with Gasteiger partial charge >= 0.3 is 0 Å². The zero-order valence-electron chi connectivity index (χ0n) is 16.9. The lowest BCUT2D eigenvalue weighted by Crippen LogP contribution is -2.29. The van der Waals surface area contributed by atoms with Crippen molar-refractivity contribution in [3.05, 3.63) is 70.9 Å². The lowest BCUT2D eigenvalue weighted by Gasteiger charge is -2.23. The van der Waals surface area contributed by atoms with Crippen LogP contribution in [-0.2, 0) is 16.4 Å². The second kappa shape index (κ2) is 8.82. The maximum Gasteiger partial charge on any atom is 0.264 e. The highest BCUT2D eigenvalue weighted by Gasteiger charge is 2.32. The smallest absolute Gasteiger partial charge is 0.264 e. The van der Waals surface area contributed by atoms with Crippen LogP contribution in [0.5, 0.6) is 5.75 Å². The quantitative estimate of drug-likeness (QED) is 0.621. The number of hydrogen-bond donors (Lipinski definition) is 0. The normalized spacial score (nSPS) is 14.6. The van der Waals surface area contributed by atoms with Crippen molar-refractivity contribution in [3.63, 3.8) is 0 Å². The first-order valence-corrected chi connectivity index (χ1v) is 11.3. The molecule has 0 atom stereocenters. The van der Waals surface area contributed by atoms with Crippen molar-refractivity contribution < 1.29 is 13.2 Å². The van der Waals surface area contributed by atoms with Crippen LogP contribution in [0, 0.1) is 6.92 Å². The fourth-order valence-electron chi connectivity index (χ4n) is 3.60. The Morgan fingerprint density at radius 2 is 1.71 bits per heavy atom. The SMILES string of the molecule is CCCCC1=C(Cc2ccc(OC)cc2)N(S(=O)(=O)c2ccc(C)cc2)CC1. The molecular weight excluding hydrogens is 370 g/mol. The fraction of sp³-hybridized carbons (Fsp3) is 0.391. The number of hydrogen-bond acceptors (Lipinski definition) is 3. The van der Waals surface area contributed by atoms with Crippen molar-refractivity contribution in [1.82, 2.24) is 4.31 Å². The predicted molar refractivity (Wildman–Crippen MR) is 113 cm³/mol.